The molecule has 4 nitrogen and oxygen atoms in total. The van der Waals surface area contributed by atoms with Gasteiger partial charge in [0.1, 0.15) is 11.2 Å². The van der Waals surface area contributed by atoms with Gasteiger partial charge < -0.3 is 13.9 Å². The highest BCUT2D eigenvalue weighted by Gasteiger charge is 2.28. The number of hydrogen-bond acceptors (Lipinski definition) is 4. The van der Waals surface area contributed by atoms with E-state index in [9.17, 15) is 9.90 Å². The lowest BCUT2D eigenvalue weighted by Gasteiger charge is -2.02. The standard InChI is InChI=1S/C23H14O4/c24-21(14-8-2-1-3-9-14)22-19(15-10-4-6-12-17(15)26-22)20-16-11-5-7-13-18(16)27-23(20)25/h1-13,25H. The Hall–Kier alpha value is -3.79. The first kappa shape index (κ1) is 15.5. The van der Waals surface area contributed by atoms with Crippen molar-refractivity contribution < 1.29 is 18.7 Å². The molecule has 1 N–H and O–H groups in total. The van der Waals surface area contributed by atoms with Gasteiger partial charge in [-0.2, -0.15) is 0 Å². The molecule has 0 aliphatic rings. The van der Waals surface area contributed by atoms with E-state index in [1.54, 1.807) is 36.4 Å². The number of furan rings is 2. The number of hydrogen-bond donors (Lipinski definition) is 1. The first-order valence-electron chi connectivity index (χ1n) is 8.56. The van der Waals surface area contributed by atoms with Crippen molar-refractivity contribution in [3.63, 3.8) is 0 Å². The van der Waals surface area contributed by atoms with E-state index >= 15 is 0 Å². The van der Waals surface area contributed by atoms with E-state index in [0.717, 1.165) is 10.8 Å². The molecule has 0 bridgehead atoms. The first-order chi connectivity index (χ1) is 13.2. The molecule has 0 fully saturated rings. The number of rotatable bonds is 3. The summed E-state index contributed by atoms with van der Waals surface area (Å²) in [6.45, 7) is 0. The highest BCUT2D eigenvalue weighted by molar-refractivity contribution is 6.18. The minimum Gasteiger partial charge on any atom is -0.480 e. The van der Waals surface area contributed by atoms with Crippen LogP contribution in [0.3, 0.4) is 0 Å². The van der Waals surface area contributed by atoms with Gasteiger partial charge in [0, 0.05) is 21.9 Å². The topological polar surface area (TPSA) is 63.6 Å². The zero-order valence-corrected chi connectivity index (χ0v) is 14.2. The summed E-state index contributed by atoms with van der Waals surface area (Å²) >= 11 is 0. The van der Waals surface area contributed by atoms with Crippen LogP contribution in [0.25, 0.3) is 33.1 Å². The van der Waals surface area contributed by atoms with Gasteiger partial charge in [0.2, 0.25) is 5.78 Å². The Morgan fingerprint density at radius 2 is 1.22 bits per heavy atom. The molecule has 27 heavy (non-hydrogen) atoms. The van der Waals surface area contributed by atoms with Crippen LogP contribution in [-0.4, -0.2) is 10.9 Å². The number of carbonyl (C=O) groups excluding carboxylic acids is 1. The predicted octanol–water partition coefficient (Wildman–Crippen LogP) is 5.78. The molecule has 0 saturated heterocycles. The van der Waals surface area contributed by atoms with Gasteiger partial charge in [-0.1, -0.05) is 66.7 Å². The average Bonchev–Trinajstić information content (AvgIpc) is 3.24. The van der Waals surface area contributed by atoms with E-state index in [0.29, 0.717) is 27.9 Å². The second-order valence-corrected chi connectivity index (χ2v) is 6.28. The monoisotopic (exact) mass is 354 g/mol. The molecule has 0 radical (unpaired) electrons. The molecule has 3 aromatic carbocycles. The van der Waals surface area contributed by atoms with Crippen LogP contribution in [0, 0.1) is 0 Å². The first-order valence-corrected chi connectivity index (χ1v) is 8.56. The molecular formula is C23H14O4. The van der Waals surface area contributed by atoms with Crippen molar-refractivity contribution in [2.75, 3.05) is 0 Å². The molecule has 0 aliphatic carbocycles. The summed E-state index contributed by atoms with van der Waals surface area (Å²) in [5.74, 6) is -0.291. The molecule has 130 valence electrons. The third-order valence-corrected chi connectivity index (χ3v) is 4.66. The molecular weight excluding hydrogens is 340 g/mol. The van der Waals surface area contributed by atoms with Crippen molar-refractivity contribution in [1.29, 1.82) is 0 Å². The zero-order valence-electron chi connectivity index (χ0n) is 14.2. The fourth-order valence-electron chi connectivity index (χ4n) is 3.45. The SMILES string of the molecule is O=C(c1ccccc1)c1oc2ccccc2c1-c1c(O)oc2ccccc12. The maximum atomic E-state index is 13.2. The van der Waals surface area contributed by atoms with Crippen molar-refractivity contribution in [1.82, 2.24) is 0 Å². The minimum absolute atomic E-state index is 0.184. The quantitative estimate of drug-likeness (QED) is 0.417. The Morgan fingerprint density at radius 1 is 0.667 bits per heavy atom. The second-order valence-electron chi connectivity index (χ2n) is 6.28. The molecule has 0 spiro atoms. The second kappa shape index (κ2) is 5.88. The van der Waals surface area contributed by atoms with Crippen molar-refractivity contribution in [3.05, 3.63) is 90.2 Å². The van der Waals surface area contributed by atoms with E-state index in [1.165, 1.54) is 0 Å². The summed E-state index contributed by atoms with van der Waals surface area (Å²) in [4.78, 5) is 13.2. The molecule has 4 heteroatoms. The van der Waals surface area contributed by atoms with Crippen molar-refractivity contribution in [2.24, 2.45) is 0 Å². The average molecular weight is 354 g/mol. The Morgan fingerprint density at radius 3 is 1.93 bits per heavy atom. The van der Waals surface area contributed by atoms with Crippen molar-refractivity contribution >= 4 is 27.7 Å². The molecule has 0 saturated carbocycles. The number of fused-ring (bicyclic) bond motifs is 2. The Balaban J connectivity index is 1.86. The fourth-order valence-corrected chi connectivity index (χ4v) is 3.45. The van der Waals surface area contributed by atoms with Gasteiger partial charge in [0.25, 0.3) is 5.95 Å². The summed E-state index contributed by atoms with van der Waals surface area (Å²) in [5, 5.41) is 12.0. The zero-order chi connectivity index (χ0) is 18.4. The Labute approximate surface area is 154 Å². The number of para-hydroxylation sites is 2. The van der Waals surface area contributed by atoms with Crippen LogP contribution in [0.2, 0.25) is 0 Å². The number of benzene rings is 3. The molecule has 2 aromatic heterocycles. The van der Waals surface area contributed by atoms with Gasteiger partial charge >= 0.3 is 0 Å². The third kappa shape index (κ3) is 2.34. The van der Waals surface area contributed by atoms with Crippen LogP contribution < -0.4 is 0 Å². The number of ketones is 1. The highest BCUT2D eigenvalue weighted by Crippen LogP contribution is 2.45. The molecule has 0 aliphatic heterocycles. The van der Waals surface area contributed by atoms with Crippen LogP contribution in [0.1, 0.15) is 16.1 Å². The van der Waals surface area contributed by atoms with Gasteiger partial charge in [0.15, 0.2) is 5.76 Å². The van der Waals surface area contributed by atoms with Crippen LogP contribution in [0.4, 0.5) is 0 Å². The Kier molecular flexibility index (Phi) is 3.37. The van der Waals surface area contributed by atoms with Crippen LogP contribution >= 0.6 is 0 Å². The molecule has 0 unspecified atom stereocenters. The van der Waals surface area contributed by atoms with E-state index in [-0.39, 0.29) is 17.5 Å². The van der Waals surface area contributed by atoms with E-state index < -0.39 is 0 Å². The molecule has 5 aromatic rings. The molecule has 5 rings (SSSR count). The lowest BCUT2D eigenvalue weighted by Crippen LogP contribution is -2.01. The smallest absolute Gasteiger partial charge is 0.291 e. The summed E-state index contributed by atoms with van der Waals surface area (Å²) in [5.41, 5.74) is 2.66. The van der Waals surface area contributed by atoms with Crippen LogP contribution in [0.15, 0.2) is 87.7 Å². The number of aromatic hydroxyl groups is 1. The lowest BCUT2D eigenvalue weighted by molar-refractivity contribution is 0.101. The van der Waals surface area contributed by atoms with E-state index in [2.05, 4.69) is 0 Å². The van der Waals surface area contributed by atoms with Gasteiger partial charge in [-0.05, 0) is 12.1 Å². The highest BCUT2D eigenvalue weighted by atomic mass is 16.5. The van der Waals surface area contributed by atoms with Gasteiger partial charge in [-0.3, -0.25) is 4.79 Å². The maximum Gasteiger partial charge on any atom is 0.291 e. The van der Waals surface area contributed by atoms with Gasteiger partial charge in [-0.15, -0.1) is 0 Å². The Bertz CT molecular complexity index is 1290. The van der Waals surface area contributed by atoms with E-state index in [4.69, 9.17) is 8.83 Å². The summed E-state index contributed by atoms with van der Waals surface area (Å²) in [7, 11) is 0. The van der Waals surface area contributed by atoms with Crippen LogP contribution in [-0.2, 0) is 0 Å². The summed E-state index contributed by atoms with van der Waals surface area (Å²) in [6.07, 6.45) is 0. The summed E-state index contributed by atoms with van der Waals surface area (Å²) < 4.78 is 11.5. The molecule has 2 heterocycles. The largest absolute Gasteiger partial charge is 0.480 e. The van der Waals surface area contributed by atoms with Crippen molar-refractivity contribution in [3.8, 4) is 17.1 Å². The van der Waals surface area contributed by atoms with Gasteiger partial charge in [0.05, 0.1) is 5.56 Å². The maximum absolute atomic E-state index is 13.2. The van der Waals surface area contributed by atoms with Crippen LogP contribution in [0.5, 0.6) is 5.95 Å². The van der Waals surface area contributed by atoms with E-state index in [1.807, 2.05) is 42.5 Å². The molecule has 0 amide bonds. The predicted molar refractivity (Wildman–Crippen MR) is 103 cm³/mol. The van der Waals surface area contributed by atoms with Gasteiger partial charge in [-0.25, -0.2) is 0 Å². The molecule has 0 atom stereocenters. The minimum atomic E-state index is -0.244. The fraction of sp³-hybridized carbons (Fsp3) is 0. The summed E-state index contributed by atoms with van der Waals surface area (Å²) in [6, 6.07) is 23.7. The number of carbonyl (C=O) groups is 1. The normalized spacial score (nSPS) is 11.3. The lowest BCUT2D eigenvalue weighted by atomic mass is 9.97. The third-order valence-electron chi connectivity index (χ3n) is 4.66. The van der Waals surface area contributed by atoms with Crippen molar-refractivity contribution in [2.45, 2.75) is 0 Å².